The lowest BCUT2D eigenvalue weighted by molar-refractivity contribution is -0.493. The Bertz CT molecular complexity index is 384. The van der Waals surface area contributed by atoms with E-state index in [1.54, 1.807) is 0 Å². The minimum Gasteiger partial charge on any atom is -0.499 e. The normalized spacial score (nSPS) is 28.9. The van der Waals surface area contributed by atoms with Crippen molar-refractivity contribution in [1.82, 2.24) is 0 Å². The highest BCUT2D eigenvalue weighted by Gasteiger charge is 2.87. The van der Waals surface area contributed by atoms with Crippen LogP contribution < -0.4 is 0 Å². The van der Waals surface area contributed by atoms with Crippen LogP contribution in [-0.4, -0.2) is 49.8 Å². The van der Waals surface area contributed by atoms with E-state index < -0.39 is 43.2 Å². The van der Waals surface area contributed by atoms with E-state index >= 15 is 0 Å². The predicted molar refractivity (Wildman–Crippen MR) is 51.6 cm³/mol. The summed E-state index contributed by atoms with van der Waals surface area (Å²) in [6.45, 7) is 0.991. The van der Waals surface area contributed by atoms with Gasteiger partial charge in [-0.15, -0.1) is 0 Å². The smallest absolute Gasteiger partial charge is 0.426 e. The first-order valence-electron chi connectivity index (χ1n) is 5.41. The van der Waals surface area contributed by atoms with Gasteiger partial charge in [0, 0.05) is 0 Å². The zero-order chi connectivity index (χ0) is 16.5. The third-order valence-electron chi connectivity index (χ3n) is 2.61. The van der Waals surface area contributed by atoms with Gasteiger partial charge in [-0.2, -0.15) is 35.1 Å². The largest absolute Gasteiger partial charge is 0.499 e. The molecule has 21 heavy (non-hydrogen) atoms. The number of ether oxygens (including phenoxy) is 3. The summed E-state index contributed by atoms with van der Waals surface area (Å²) in [7, 11) is 0. The van der Waals surface area contributed by atoms with E-state index in [9.17, 15) is 35.1 Å². The zero-order valence-electron chi connectivity index (χ0n) is 10.2. The van der Waals surface area contributed by atoms with Gasteiger partial charge in [0.05, 0.1) is 19.5 Å². The highest BCUT2D eigenvalue weighted by Crippen LogP contribution is 2.58. The molecule has 0 aromatic heterocycles. The molecule has 0 spiro atoms. The number of rotatable bonds is 6. The van der Waals surface area contributed by atoms with Crippen molar-refractivity contribution < 1.29 is 49.3 Å². The minimum atomic E-state index is -6.36. The van der Waals surface area contributed by atoms with Crippen LogP contribution in [-0.2, 0) is 14.2 Å². The molecule has 1 aliphatic rings. The van der Waals surface area contributed by atoms with Gasteiger partial charge in [0.15, 0.2) is 6.10 Å². The molecule has 0 aliphatic carbocycles. The van der Waals surface area contributed by atoms with E-state index in [1.165, 1.54) is 0 Å². The SMILES string of the molecule is C=COCCOCC1OC(F)(F)C(F)(F)C(F)(F)C1(F)F. The number of hydrogen-bond acceptors (Lipinski definition) is 3. The molecule has 0 bridgehead atoms. The quantitative estimate of drug-likeness (QED) is 0.426. The maximum absolute atomic E-state index is 13.2. The first kappa shape index (κ1) is 18.0. The summed E-state index contributed by atoms with van der Waals surface area (Å²) in [5, 5.41) is 0. The molecular weight excluding hydrogens is 320 g/mol. The highest BCUT2D eigenvalue weighted by atomic mass is 19.4. The third kappa shape index (κ3) is 2.80. The van der Waals surface area contributed by atoms with E-state index in [1.807, 2.05) is 0 Å². The molecule has 0 aromatic rings. The topological polar surface area (TPSA) is 27.7 Å². The van der Waals surface area contributed by atoms with Crippen LogP contribution in [0.4, 0.5) is 35.1 Å². The molecular formula is C10H10F8O3. The van der Waals surface area contributed by atoms with E-state index in [4.69, 9.17) is 0 Å². The molecule has 1 atom stereocenters. The fraction of sp³-hybridized carbons (Fsp3) is 0.800. The van der Waals surface area contributed by atoms with Crippen LogP contribution in [0.1, 0.15) is 0 Å². The van der Waals surface area contributed by atoms with Crippen molar-refractivity contribution in [2.24, 2.45) is 0 Å². The lowest BCUT2D eigenvalue weighted by Gasteiger charge is -2.45. The fourth-order valence-corrected chi connectivity index (χ4v) is 1.44. The third-order valence-corrected chi connectivity index (χ3v) is 2.61. The Hall–Kier alpha value is -1.10. The van der Waals surface area contributed by atoms with Crippen molar-refractivity contribution in [2.75, 3.05) is 19.8 Å². The van der Waals surface area contributed by atoms with Gasteiger partial charge in [-0.1, -0.05) is 6.58 Å². The van der Waals surface area contributed by atoms with Crippen molar-refractivity contribution >= 4 is 0 Å². The number of hydrogen-bond donors (Lipinski definition) is 0. The van der Waals surface area contributed by atoms with E-state index in [0.29, 0.717) is 0 Å². The standard InChI is InChI=1S/C10H10F8O3/c1-2-19-3-4-20-5-6-7(11,12)8(13,14)9(15,16)10(17,18)21-6/h2,6H,1,3-5H2. The molecule has 3 nitrogen and oxygen atoms in total. The van der Waals surface area contributed by atoms with Crippen molar-refractivity contribution in [2.45, 2.75) is 30.0 Å². The van der Waals surface area contributed by atoms with Crippen LogP contribution in [0.2, 0.25) is 0 Å². The molecule has 0 aromatic carbocycles. The molecule has 11 heteroatoms. The monoisotopic (exact) mass is 330 g/mol. The Balaban J connectivity index is 2.84. The maximum Gasteiger partial charge on any atom is 0.426 e. The summed E-state index contributed by atoms with van der Waals surface area (Å²) in [6.07, 6.45) is -8.05. The number of alkyl halides is 8. The average molecular weight is 330 g/mol. The molecule has 1 heterocycles. The van der Waals surface area contributed by atoms with Crippen LogP contribution >= 0.6 is 0 Å². The van der Waals surface area contributed by atoms with Crippen LogP contribution in [0.15, 0.2) is 12.8 Å². The van der Waals surface area contributed by atoms with Gasteiger partial charge in [0.25, 0.3) is 0 Å². The lowest BCUT2D eigenvalue weighted by Crippen LogP contribution is -2.73. The number of halogens is 8. The lowest BCUT2D eigenvalue weighted by atomic mass is 9.95. The van der Waals surface area contributed by atoms with Crippen LogP contribution in [0, 0.1) is 0 Å². The second kappa shape index (κ2) is 5.59. The van der Waals surface area contributed by atoms with Crippen LogP contribution in [0.25, 0.3) is 0 Å². The summed E-state index contributed by atoms with van der Waals surface area (Å²) in [5.41, 5.74) is 0. The Morgan fingerprint density at radius 2 is 1.52 bits per heavy atom. The van der Waals surface area contributed by atoms with Gasteiger partial charge >= 0.3 is 23.9 Å². The molecule has 1 rings (SSSR count). The van der Waals surface area contributed by atoms with E-state index in [0.717, 1.165) is 6.26 Å². The zero-order valence-corrected chi connectivity index (χ0v) is 10.2. The average Bonchev–Trinajstić information content (AvgIpc) is 2.35. The molecule has 1 saturated heterocycles. The molecule has 0 saturated carbocycles. The van der Waals surface area contributed by atoms with Gasteiger partial charge in [0.2, 0.25) is 0 Å². The van der Waals surface area contributed by atoms with Gasteiger partial charge in [0.1, 0.15) is 6.61 Å². The van der Waals surface area contributed by atoms with Crippen molar-refractivity contribution in [1.29, 1.82) is 0 Å². The Morgan fingerprint density at radius 3 is 2.05 bits per heavy atom. The summed E-state index contributed by atoms with van der Waals surface area (Å²) >= 11 is 0. The van der Waals surface area contributed by atoms with Crippen LogP contribution in [0.3, 0.4) is 0 Å². The van der Waals surface area contributed by atoms with Gasteiger partial charge in [-0.3, -0.25) is 0 Å². The molecule has 1 fully saturated rings. The Kier molecular flexibility index (Phi) is 4.78. The second-order valence-electron chi connectivity index (χ2n) is 4.01. The minimum absolute atomic E-state index is 0.231. The van der Waals surface area contributed by atoms with E-state index in [2.05, 4.69) is 20.8 Å². The van der Waals surface area contributed by atoms with Gasteiger partial charge < -0.3 is 14.2 Å². The Morgan fingerprint density at radius 1 is 0.952 bits per heavy atom. The summed E-state index contributed by atoms with van der Waals surface area (Å²) in [6, 6.07) is 0. The Labute approximate surface area is 113 Å². The molecule has 0 N–H and O–H groups in total. The van der Waals surface area contributed by atoms with Crippen molar-refractivity contribution in [3.8, 4) is 0 Å². The van der Waals surface area contributed by atoms with E-state index in [-0.39, 0.29) is 6.61 Å². The first-order chi connectivity index (χ1) is 9.42. The van der Waals surface area contributed by atoms with Gasteiger partial charge in [-0.25, -0.2) is 0 Å². The van der Waals surface area contributed by atoms with Crippen molar-refractivity contribution in [3.63, 3.8) is 0 Å². The molecule has 0 radical (unpaired) electrons. The fourth-order valence-electron chi connectivity index (χ4n) is 1.44. The summed E-state index contributed by atoms with van der Waals surface area (Å²) < 4.78 is 116. The van der Waals surface area contributed by atoms with Gasteiger partial charge in [-0.05, 0) is 0 Å². The first-order valence-corrected chi connectivity index (χ1v) is 5.41. The summed E-state index contributed by atoms with van der Waals surface area (Å²) in [4.78, 5) is 0. The van der Waals surface area contributed by atoms with Crippen molar-refractivity contribution in [3.05, 3.63) is 12.8 Å². The molecule has 0 amide bonds. The molecule has 124 valence electrons. The highest BCUT2D eigenvalue weighted by molar-refractivity contribution is 5.08. The predicted octanol–water partition coefficient (Wildman–Crippen LogP) is 3.06. The summed E-state index contributed by atoms with van der Waals surface area (Å²) in [5.74, 6) is -18.2. The molecule has 1 unspecified atom stereocenters. The maximum atomic E-state index is 13.2. The molecule has 1 aliphatic heterocycles. The second-order valence-corrected chi connectivity index (χ2v) is 4.01. The van der Waals surface area contributed by atoms with Crippen LogP contribution in [0.5, 0.6) is 0 Å².